The number of fused-ring (bicyclic) bond motifs is 2. The van der Waals surface area contributed by atoms with Crippen LogP contribution in [0.5, 0.6) is 0 Å². The van der Waals surface area contributed by atoms with Crippen LogP contribution in [0.1, 0.15) is 50.2 Å². The van der Waals surface area contributed by atoms with E-state index in [1.54, 1.807) is 0 Å². The molecule has 1 aromatic heterocycles. The Labute approximate surface area is 151 Å². The van der Waals surface area contributed by atoms with Crippen molar-refractivity contribution in [1.29, 1.82) is 0 Å². The summed E-state index contributed by atoms with van der Waals surface area (Å²) < 4.78 is 34.1. The Balaban J connectivity index is 2.37. The van der Waals surface area contributed by atoms with Crippen LogP contribution >= 0.6 is 0 Å². The Kier molecular flexibility index (Phi) is 6.31. The van der Waals surface area contributed by atoms with E-state index < -0.39 is 16.2 Å². The quantitative estimate of drug-likeness (QED) is 0.458. The summed E-state index contributed by atoms with van der Waals surface area (Å²) in [4.78, 5) is 0. The third-order valence-electron chi connectivity index (χ3n) is 4.24. The van der Waals surface area contributed by atoms with Gasteiger partial charge in [0, 0.05) is 19.3 Å². The number of furan rings is 1. The third-order valence-corrected chi connectivity index (χ3v) is 4.82. The largest absolute Gasteiger partial charge is 0.461 e. The molecule has 1 aliphatic rings. The van der Waals surface area contributed by atoms with Crippen molar-refractivity contribution in [2.24, 2.45) is 5.92 Å². The van der Waals surface area contributed by atoms with Gasteiger partial charge in [0.25, 0.3) is 10.1 Å². The molecule has 0 spiro atoms. The first-order valence-corrected chi connectivity index (χ1v) is 10.2. The zero-order valence-corrected chi connectivity index (χ0v) is 16.2. The molecule has 1 aliphatic heterocycles. The van der Waals surface area contributed by atoms with Crippen LogP contribution < -0.4 is 0 Å². The second kappa shape index (κ2) is 8.07. The topological polar surface area (TPSA) is 56.5 Å². The van der Waals surface area contributed by atoms with E-state index in [9.17, 15) is 8.42 Å². The molecule has 4 nitrogen and oxygen atoms in total. The highest BCUT2D eigenvalue weighted by atomic mass is 32.2. The molecule has 25 heavy (non-hydrogen) atoms. The van der Waals surface area contributed by atoms with Gasteiger partial charge in [0.05, 0.1) is 6.26 Å². The zero-order valence-electron chi connectivity index (χ0n) is 15.4. The first-order valence-electron chi connectivity index (χ1n) is 8.42. The average Bonchev–Trinajstić information content (AvgIpc) is 2.79. The van der Waals surface area contributed by atoms with Gasteiger partial charge >= 0.3 is 0 Å². The van der Waals surface area contributed by atoms with E-state index in [4.69, 9.17) is 8.60 Å². The van der Waals surface area contributed by atoms with Crippen molar-refractivity contribution < 1.29 is 17.0 Å². The van der Waals surface area contributed by atoms with E-state index in [1.807, 2.05) is 32.9 Å². The number of hydrogen-bond donors (Lipinski definition) is 0. The average molecular weight is 362 g/mol. The van der Waals surface area contributed by atoms with E-state index in [0.717, 1.165) is 47.3 Å². The molecule has 136 valence electrons. The fourth-order valence-corrected chi connectivity index (χ4v) is 3.45. The van der Waals surface area contributed by atoms with Crippen molar-refractivity contribution in [3.05, 3.63) is 40.9 Å². The Bertz CT molecular complexity index is 831. The lowest BCUT2D eigenvalue weighted by atomic mass is 9.91. The van der Waals surface area contributed by atoms with Crippen LogP contribution in [-0.4, -0.2) is 20.8 Å². The van der Waals surface area contributed by atoms with E-state index in [2.05, 4.69) is 18.4 Å². The molecule has 0 aliphatic carbocycles. The van der Waals surface area contributed by atoms with Crippen molar-refractivity contribution in [3.8, 4) is 11.8 Å². The first-order chi connectivity index (χ1) is 11.6. The molecule has 2 bridgehead atoms. The van der Waals surface area contributed by atoms with E-state index in [-0.39, 0.29) is 5.92 Å². The van der Waals surface area contributed by atoms with Gasteiger partial charge < -0.3 is 4.42 Å². The SMILES string of the molecule is C=C(C)[C@H]1CCC#C[C@@H](OS(C)(=O)=O)C/C(C)=C/c2cc(C)c(o2)C1. The number of allylic oxidation sites excluding steroid dienone is 1. The molecule has 0 saturated carbocycles. The highest BCUT2D eigenvalue weighted by Gasteiger charge is 2.17. The normalized spacial score (nSPS) is 23.9. The van der Waals surface area contributed by atoms with Crippen molar-refractivity contribution in [2.75, 3.05) is 6.26 Å². The van der Waals surface area contributed by atoms with Crippen molar-refractivity contribution in [1.82, 2.24) is 0 Å². The summed E-state index contributed by atoms with van der Waals surface area (Å²) in [5, 5.41) is 0. The molecule has 2 heterocycles. The van der Waals surface area contributed by atoms with Gasteiger partial charge in [-0.25, -0.2) is 0 Å². The Morgan fingerprint density at radius 1 is 1.36 bits per heavy atom. The highest BCUT2D eigenvalue weighted by molar-refractivity contribution is 7.86. The molecule has 0 aromatic carbocycles. The maximum absolute atomic E-state index is 11.5. The van der Waals surface area contributed by atoms with Crippen LogP contribution in [0.15, 0.2) is 28.2 Å². The number of aryl methyl sites for hydroxylation is 1. The van der Waals surface area contributed by atoms with Crippen LogP contribution in [0.3, 0.4) is 0 Å². The molecule has 0 unspecified atom stereocenters. The Hall–Kier alpha value is -1.77. The lowest BCUT2D eigenvalue weighted by molar-refractivity contribution is 0.267. The van der Waals surface area contributed by atoms with Crippen LogP contribution in [0.4, 0.5) is 0 Å². The molecule has 0 radical (unpaired) electrons. The predicted octanol–water partition coefficient (Wildman–Crippen LogP) is 4.26. The Morgan fingerprint density at radius 3 is 2.72 bits per heavy atom. The summed E-state index contributed by atoms with van der Waals surface area (Å²) >= 11 is 0. The minimum Gasteiger partial charge on any atom is -0.461 e. The molecule has 0 fully saturated rings. The van der Waals surface area contributed by atoms with Crippen LogP contribution in [-0.2, 0) is 20.7 Å². The van der Waals surface area contributed by atoms with Gasteiger partial charge in [0.2, 0.25) is 0 Å². The molecular formula is C20H26O4S. The van der Waals surface area contributed by atoms with E-state index in [0.29, 0.717) is 12.8 Å². The molecule has 0 amide bonds. The summed E-state index contributed by atoms with van der Waals surface area (Å²) in [5.74, 6) is 8.07. The van der Waals surface area contributed by atoms with Gasteiger partial charge in [-0.2, -0.15) is 8.42 Å². The lowest BCUT2D eigenvalue weighted by Crippen LogP contribution is -2.16. The Morgan fingerprint density at radius 2 is 2.08 bits per heavy atom. The van der Waals surface area contributed by atoms with Gasteiger partial charge in [0.15, 0.2) is 0 Å². The first kappa shape index (κ1) is 19.6. The predicted molar refractivity (Wildman–Crippen MR) is 100 cm³/mol. The standard InChI is InChI=1S/C20H26O4S/c1-14(2)17-8-6-7-9-18(24-25(5,21)22)10-15(3)11-19-12-16(4)20(13-17)23-19/h11-12,17-18H,1,6,8,10,13H2,2-5H3/b15-11+/t17-,18+/m0/s1. The highest BCUT2D eigenvalue weighted by Crippen LogP contribution is 2.26. The second-order valence-corrected chi connectivity index (χ2v) is 8.45. The number of hydrogen-bond acceptors (Lipinski definition) is 4. The van der Waals surface area contributed by atoms with Crippen molar-refractivity contribution in [3.63, 3.8) is 0 Å². The maximum atomic E-state index is 11.5. The van der Waals surface area contributed by atoms with Gasteiger partial charge in [-0.1, -0.05) is 23.6 Å². The minimum atomic E-state index is -3.56. The van der Waals surface area contributed by atoms with Crippen LogP contribution in [0.25, 0.3) is 6.08 Å². The molecule has 5 heteroatoms. The molecule has 0 N–H and O–H groups in total. The number of rotatable bonds is 3. The molecule has 0 saturated heterocycles. The van der Waals surface area contributed by atoms with E-state index in [1.165, 1.54) is 0 Å². The molecule has 2 atom stereocenters. The third kappa shape index (κ3) is 6.22. The lowest BCUT2D eigenvalue weighted by Gasteiger charge is -2.14. The molecule has 2 rings (SSSR count). The van der Waals surface area contributed by atoms with Crippen LogP contribution in [0.2, 0.25) is 0 Å². The van der Waals surface area contributed by atoms with Crippen molar-refractivity contribution >= 4 is 16.2 Å². The van der Waals surface area contributed by atoms with Gasteiger partial charge in [0.1, 0.15) is 17.6 Å². The van der Waals surface area contributed by atoms with Gasteiger partial charge in [-0.05, 0) is 50.8 Å². The zero-order chi connectivity index (χ0) is 18.6. The smallest absolute Gasteiger partial charge is 0.265 e. The fraction of sp³-hybridized carbons (Fsp3) is 0.500. The summed E-state index contributed by atoms with van der Waals surface area (Å²) in [7, 11) is -3.56. The minimum absolute atomic E-state index is 0.284. The fourth-order valence-electron chi connectivity index (χ4n) is 2.91. The summed E-state index contributed by atoms with van der Waals surface area (Å²) in [6.45, 7) is 10.1. The maximum Gasteiger partial charge on any atom is 0.265 e. The molecular weight excluding hydrogens is 336 g/mol. The monoisotopic (exact) mass is 362 g/mol. The second-order valence-electron chi connectivity index (χ2n) is 6.85. The summed E-state index contributed by atoms with van der Waals surface area (Å²) in [6.07, 6.45) is 5.04. The van der Waals surface area contributed by atoms with Crippen molar-refractivity contribution in [2.45, 2.75) is 52.6 Å². The van der Waals surface area contributed by atoms with Gasteiger partial charge in [-0.15, -0.1) is 5.92 Å². The van der Waals surface area contributed by atoms with E-state index >= 15 is 0 Å². The van der Waals surface area contributed by atoms with Gasteiger partial charge in [-0.3, -0.25) is 4.18 Å². The summed E-state index contributed by atoms with van der Waals surface area (Å²) in [6, 6.07) is 2.01. The molecule has 1 aromatic rings. The van der Waals surface area contributed by atoms with Crippen LogP contribution in [0, 0.1) is 24.7 Å². The summed E-state index contributed by atoms with van der Waals surface area (Å²) in [5.41, 5.74) is 3.18.